The predicted molar refractivity (Wildman–Crippen MR) is 123 cm³/mol. The van der Waals surface area contributed by atoms with Crippen LogP contribution in [0.4, 0.5) is 5.69 Å². The number of rotatable bonds is 7. The average Bonchev–Trinajstić information content (AvgIpc) is 2.99. The average molecular weight is 414 g/mol. The minimum Gasteiger partial charge on any atom is -0.375 e. The molecular formula is C27H27NO3. The van der Waals surface area contributed by atoms with Crippen LogP contribution >= 0.6 is 0 Å². The number of fused-ring (bicyclic) bond motifs is 1. The van der Waals surface area contributed by atoms with E-state index in [1.165, 1.54) is 0 Å². The second-order valence-corrected chi connectivity index (χ2v) is 8.56. The van der Waals surface area contributed by atoms with Gasteiger partial charge in [0.15, 0.2) is 11.4 Å². The molecule has 4 nitrogen and oxygen atoms in total. The topological polar surface area (TPSA) is 57.6 Å². The highest BCUT2D eigenvalue weighted by Gasteiger charge is 2.50. The second kappa shape index (κ2) is 8.48. The molecule has 4 rings (SSSR count). The molecule has 31 heavy (non-hydrogen) atoms. The monoisotopic (exact) mass is 413 g/mol. The summed E-state index contributed by atoms with van der Waals surface area (Å²) in [5.41, 5.74) is 1.95. The molecule has 0 aromatic heterocycles. The van der Waals surface area contributed by atoms with Crippen molar-refractivity contribution in [2.45, 2.75) is 32.3 Å². The number of hydrogen-bond donors (Lipinski definition) is 1. The zero-order chi connectivity index (χ0) is 22.0. The van der Waals surface area contributed by atoms with Gasteiger partial charge in [-0.3, -0.25) is 9.59 Å². The van der Waals surface area contributed by atoms with Gasteiger partial charge in [-0.05, 0) is 29.5 Å². The summed E-state index contributed by atoms with van der Waals surface area (Å²) in [6, 6.07) is 24.5. The zero-order valence-corrected chi connectivity index (χ0v) is 17.9. The largest absolute Gasteiger partial charge is 0.375 e. The number of ketones is 1. The van der Waals surface area contributed by atoms with E-state index in [0.29, 0.717) is 29.3 Å². The van der Waals surface area contributed by atoms with E-state index < -0.39 is 11.5 Å². The summed E-state index contributed by atoms with van der Waals surface area (Å²) >= 11 is 0. The summed E-state index contributed by atoms with van der Waals surface area (Å²) in [7, 11) is 0. The molecule has 1 aliphatic heterocycles. The van der Waals surface area contributed by atoms with E-state index >= 15 is 0 Å². The minimum absolute atomic E-state index is 0.254. The predicted octanol–water partition coefficient (Wildman–Crippen LogP) is 5.21. The van der Waals surface area contributed by atoms with Crippen LogP contribution in [-0.4, -0.2) is 23.3 Å². The number of carbonyl (C=O) groups excluding carboxylic acids is 2. The first-order valence-corrected chi connectivity index (χ1v) is 10.7. The molecule has 1 unspecified atom stereocenters. The summed E-state index contributed by atoms with van der Waals surface area (Å²) in [6.07, 6.45) is 0.552. The summed E-state index contributed by atoms with van der Waals surface area (Å²) in [4.78, 5) is 27.9. The van der Waals surface area contributed by atoms with Crippen LogP contribution in [-0.2, 0) is 10.4 Å². The van der Waals surface area contributed by atoms with Crippen molar-refractivity contribution in [3.8, 4) is 11.1 Å². The Labute approximate surface area is 183 Å². The van der Waals surface area contributed by atoms with Crippen LogP contribution in [0, 0.1) is 5.92 Å². The third kappa shape index (κ3) is 4.04. The number of anilines is 1. The summed E-state index contributed by atoms with van der Waals surface area (Å²) in [5, 5.41) is 11.4. The van der Waals surface area contributed by atoms with Gasteiger partial charge in [0.2, 0.25) is 0 Å². The first-order chi connectivity index (χ1) is 14.9. The molecule has 1 amide bonds. The van der Waals surface area contributed by atoms with Gasteiger partial charge in [0, 0.05) is 17.7 Å². The third-order valence-electron chi connectivity index (χ3n) is 5.90. The van der Waals surface area contributed by atoms with E-state index in [1.54, 1.807) is 29.2 Å². The molecule has 0 saturated heterocycles. The summed E-state index contributed by atoms with van der Waals surface area (Å²) < 4.78 is 0. The van der Waals surface area contributed by atoms with Crippen molar-refractivity contribution in [3.05, 3.63) is 90.0 Å². The fourth-order valence-electron chi connectivity index (χ4n) is 4.10. The maximum atomic E-state index is 13.2. The van der Waals surface area contributed by atoms with Crippen molar-refractivity contribution in [1.29, 1.82) is 0 Å². The van der Waals surface area contributed by atoms with Crippen LogP contribution in [0.3, 0.4) is 0 Å². The van der Waals surface area contributed by atoms with Gasteiger partial charge < -0.3 is 10.0 Å². The number of para-hydroxylation sites is 1. The van der Waals surface area contributed by atoms with Gasteiger partial charge in [-0.2, -0.15) is 0 Å². The Morgan fingerprint density at radius 2 is 1.52 bits per heavy atom. The summed E-state index contributed by atoms with van der Waals surface area (Å²) in [6.45, 7) is 4.72. The number of Topliss-reactive ketones (excluding diaryl/α,β-unsaturated/α-hetero) is 1. The standard InChI is InChI=1S/C27H27NO3/c1-19(2)16-17-28-24-11-7-6-10-23(24)27(31,26(28)30)18-25(29)22-14-12-21(13-15-22)20-8-4-3-5-9-20/h3-15,19,31H,16-18H2,1-2H3. The van der Waals surface area contributed by atoms with Gasteiger partial charge in [0.25, 0.3) is 5.91 Å². The van der Waals surface area contributed by atoms with Crippen molar-refractivity contribution in [2.75, 3.05) is 11.4 Å². The molecule has 0 aliphatic carbocycles. The lowest BCUT2D eigenvalue weighted by molar-refractivity contribution is -0.135. The van der Waals surface area contributed by atoms with Gasteiger partial charge in [0.1, 0.15) is 0 Å². The number of carbonyl (C=O) groups is 2. The van der Waals surface area contributed by atoms with E-state index in [2.05, 4.69) is 13.8 Å². The Hall–Kier alpha value is -3.24. The normalized spacial score (nSPS) is 17.8. The molecule has 0 bridgehead atoms. The lowest BCUT2D eigenvalue weighted by Gasteiger charge is -2.23. The van der Waals surface area contributed by atoms with Crippen molar-refractivity contribution >= 4 is 17.4 Å². The molecule has 0 saturated carbocycles. The molecular weight excluding hydrogens is 386 g/mol. The van der Waals surface area contributed by atoms with Crippen molar-refractivity contribution < 1.29 is 14.7 Å². The molecule has 4 heteroatoms. The van der Waals surface area contributed by atoms with Crippen molar-refractivity contribution in [1.82, 2.24) is 0 Å². The smallest absolute Gasteiger partial charge is 0.264 e. The fraction of sp³-hybridized carbons (Fsp3) is 0.259. The van der Waals surface area contributed by atoms with E-state index in [1.807, 2.05) is 54.6 Å². The van der Waals surface area contributed by atoms with Crippen molar-refractivity contribution in [2.24, 2.45) is 5.92 Å². The highest BCUT2D eigenvalue weighted by atomic mass is 16.3. The van der Waals surface area contributed by atoms with E-state index in [4.69, 9.17) is 0 Å². The van der Waals surface area contributed by atoms with Crippen LogP contribution < -0.4 is 4.90 Å². The molecule has 0 fully saturated rings. The number of aliphatic hydroxyl groups is 1. The molecule has 3 aromatic carbocycles. The molecule has 0 radical (unpaired) electrons. The number of nitrogens with zero attached hydrogens (tertiary/aromatic N) is 1. The van der Waals surface area contributed by atoms with Gasteiger partial charge in [-0.15, -0.1) is 0 Å². The fourth-order valence-corrected chi connectivity index (χ4v) is 4.10. The number of benzene rings is 3. The SMILES string of the molecule is CC(C)CCN1C(=O)C(O)(CC(=O)c2ccc(-c3ccccc3)cc2)c2ccccc21. The Morgan fingerprint density at radius 3 is 2.19 bits per heavy atom. The Balaban J connectivity index is 1.58. The minimum atomic E-state index is -1.83. The van der Waals surface area contributed by atoms with Gasteiger partial charge >= 0.3 is 0 Å². The van der Waals surface area contributed by atoms with Crippen LogP contribution in [0.15, 0.2) is 78.9 Å². The van der Waals surface area contributed by atoms with E-state index in [9.17, 15) is 14.7 Å². The summed E-state index contributed by atoms with van der Waals surface area (Å²) in [5.74, 6) is -0.238. The Kier molecular flexibility index (Phi) is 5.75. The first kappa shape index (κ1) is 21.0. The van der Waals surface area contributed by atoms with E-state index in [0.717, 1.165) is 17.5 Å². The lowest BCUT2D eigenvalue weighted by atomic mass is 9.88. The Morgan fingerprint density at radius 1 is 0.903 bits per heavy atom. The number of amides is 1. The van der Waals surface area contributed by atoms with Gasteiger partial charge in [0.05, 0.1) is 12.1 Å². The molecule has 158 valence electrons. The maximum absolute atomic E-state index is 13.2. The molecule has 0 spiro atoms. The quantitative estimate of drug-likeness (QED) is 0.541. The lowest BCUT2D eigenvalue weighted by Crippen LogP contribution is -2.42. The first-order valence-electron chi connectivity index (χ1n) is 10.7. The highest BCUT2D eigenvalue weighted by molar-refractivity contribution is 6.10. The van der Waals surface area contributed by atoms with Gasteiger partial charge in [-0.25, -0.2) is 0 Å². The molecule has 1 N–H and O–H groups in total. The van der Waals surface area contributed by atoms with Crippen LogP contribution in [0.1, 0.15) is 42.6 Å². The van der Waals surface area contributed by atoms with Crippen LogP contribution in [0.25, 0.3) is 11.1 Å². The molecule has 1 heterocycles. The maximum Gasteiger partial charge on any atom is 0.264 e. The molecule has 3 aromatic rings. The molecule has 1 aliphatic rings. The van der Waals surface area contributed by atoms with Crippen molar-refractivity contribution in [3.63, 3.8) is 0 Å². The van der Waals surface area contributed by atoms with Gasteiger partial charge in [-0.1, -0.05) is 86.6 Å². The van der Waals surface area contributed by atoms with E-state index in [-0.39, 0.29) is 12.2 Å². The van der Waals surface area contributed by atoms with Crippen LogP contribution in [0.2, 0.25) is 0 Å². The second-order valence-electron chi connectivity index (χ2n) is 8.56. The molecule has 1 atom stereocenters. The third-order valence-corrected chi connectivity index (χ3v) is 5.90. The highest BCUT2D eigenvalue weighted by Crippen LogP contribution is 2.43. The number of hydrogen-bond acceptors (Lipinski definition) is 3. The zero-order valence-electron chi connectivity index (χ0n) is 17.9. The Bertz CT molecular complexity index is 1090. The van der Waals surface area contributed by atoms with Crippen LogP contribution in [0.5, 0.6) is 0 Å².